The topological polar surface area (TPSA) is 73.9 Å². The van der Waals surface area contributed by atoms with Crippen LogP contribution in [0.25, 0.3) is 0 Å². The molecular weight excluding hydrogens is 320 g/mol. The third-order valence-corrected chi connectivity index (χ3v) is 4.34. The largest absolute Gasteiger partial charge is 0.495 e. The number of nitrogens with zero attached hydrogens (tertiary/aromatic N) is 2. The highest BCUT2D eigenvalue weighted by Gasteiger charge is 2.19. The number of methoxy groups -OCH3 is 1. The van der Waals surface area contributed by atoms with Gasteiger partial charge in [0.25, 0.3) is 0 Å². The molecule has 2 amide bonds. The molecule has 2 rings (SSSR count). The van der Waals surface area contributed by atoms with Crippen molar-refractivity contribution in [1.29, 1.82) is 0 Å². The first kappa shape index (κ1) is 19.2. The molecule has 1 aliphatic heterocycles. The van der Waals surface area contributed by atoms with Crippen molar-refractivity contribution in [3.05, 3.63) is 24.3 Å². The first-order chi connectivity index (χ1) is 12.0. The molecule has 25 heavy (non-hydrogen) atoms. The fraction of sp³-hybridized carbons (Fsp3) is 0.556. The molecule has 1 heterocycles. The third-order valence-electron chi connectivity index (χ3n) is 4.34. The number of piperazine rings is 1. The van der Waals surface area contributed by atoms with Gasteiger partial charge in [-0.25, -0.2) is 0 Å². The van der Waals surface area contributed by atoms with Crippen LogP contribution in [0.2, 0.25) is 0 Å². The van der Waals surface area contributed by atoms with E-state index in [0.717, 1.165) is 32.7 Å². The van der Waals surface area contributed by atoms with E-state index in [9.17, 15) is 9.59 Å². The van der Waals surface area contributed by atoms with Gasteiger partial charge in [0.15, 0.2) is 0 Å². The lowest BCUT2D eigenvalue weighted by atomic mass is 10.1. The van der Waals surface area contributed by atoms with Crippen LogP contribution < -0.4 is 15.4 Å². The predicted molar refractivity (Wildman–Crippen MR) is 97.7 cm³/mol. The predicted octanol–water partition coefficient (Wildman–Crippen LogP) is 0.633. The van der Waals surface area contributed by atoms with Gasteiger partial charge in [-0.05, 0) is 25.1 Å². The average Bonchev–Trinajstić information content (AvgIpc) is 2.62. The van der Waals surface area contributed by atoms with Gasteiger partial charge in [-0.1, -0.05) is 19.1 Å². The highest BCUT2D eigenvalue weighted by molar-refractivity contribution is 6.39. The van der Waals surface area contributed by atoms with Crippen LogP contribution in [0.1, 0.15) is 6.92 Å². The summed E-state index contributed by atoms with van der Waals surface area (Å²) in [5, 5.41) is 5.29. The maximum Gasteiger partial charge on any atom is 0.313 e. The van der Waals surface area contributed by atoms with Gasteiger partial charge in [-0.2, -0.15) is 0 Å². The minimum absolute atomic E-state index is 0.284. The van der Waals surface area contributed by atoms with Crippen LogP contribution in [-0.2, 0) is 9.59 Å². The Morgan fingerprint density at radius 2 is 1.84 bits per heavy atom. The molecule has 1 aromatic carbocycles. The molecule has 0 aliphatic carbocycles. The van der Waals surface area contributed by atoms with Crippen LogP contribution in [0.3, 0.4) is 0 Å². The van der Waals surface area contributed by atoms with Gasteiger partial charge < -0.3 is 25.2 Å². The lowest BCUT2D eigenvalue weighted by Gasteiger charge is -2.33. The Kier molecular flexibility index (Phi) is 7.21. The Labute approximate surface area is 149 Å². The van der Waals surface area contributed by atoms with Crippen molar-refractivity contribution >= 4 is 17.5 Å². The molecule has 1 atom stereocenters. The van der Waals surface area contributed by atoms with E-state index in [1.807, 2.05) is 0 Å². The number of ether oxygens (including phenoxy) is 1. The molecule has 0 aromatic heterocycles. The van der Waals surface area contributed by atoms with E-state index >= 15 is 0 Å². The second-order valence-electron chi connectivity index (χ2n) is 6.57. The van der Waals surface area contributed by atoms with Crippen molar-refractivity contribution in [2.45, 2.75) is 6.92 Å². The van der Waals surface area contributed by atoms with Crippen LogP contribution in [0.4, 0.5) is 5.69 Å². The van der Waals surface area contributed by atoms with Gasteiger partial charge >= 0.3 is 11.8 Å². The van der Waals surface area contributed by atoms with Crippen molar-refractivity contribution in [3.63, 3.8) is 0 Å². The molecule has 0 unspecified atom stereocenters. The summed E-state index contributed by atoms with van der Waals surface area (Å²) in [7, 11) is 3.65. The second kappa shape index (κ2) is 9.39. The highest BCUT2D eigenvalue weighted by Crippen LogP contribution is 2.22. The van der Waals surface area contributed by atoms with Crippen LogP contribution in [-0.4, -0.2) is 75.0 Å². The highest BCUT2D eigenvalue weighted by atomic mass is 16.5. The second-order valence-corrected chi connectivity index (χ2v) is 6.57. The minimum Gasteiger partial charge on any atom is -0.495 e. The van der Waals surface area contributed by atoms with Crippen molar-refractivity contribution in [2.24, 2.45) is 5.92 Å². The summed E-state index contributed by atoms with van der Waals surface area (Å²) in [5.74, 6) is -0.508. The molecule has 1 saturated heterocycles. The summed E-state index contributed by atoms with van der Waals surface area (Å²) in [6.45, 7) is 7.70. The van der Waals surface area contributed by atoms with Gasteiger partial charge in [0.1, 0.15) is 5.75 Å². The average molecular weight is 348 g/mol. The Hall–Kier alpha value is -2.12. The molecule has 1 aromatic rings. The first-order valence-electron chi connectivity index (χ1n) is 8.62. The zero-order chi connectivity index (χ0) is 18.2. The molecule has 1 aliphatic rings. The number of rotatable bonds is 6. The minimum atomic E-state index is -0.684. The molecule has 138 valence electrons. The zero-order valence-electron chi connectivity index (χ0n) is 15.2. The maximum absolute atomic E-state index is 12.0. The molecule has 0 spiro atoms. The van der Waals surface area contributed by atoms with Crippen LogP contribution in [0.15, 0.2) is 24.3 Å². The lowest BCUT2D eigenvalue weighted by Crippen LogP contribution is -2.47. The quantitative estimate of drug-likeness (QED) is 0.738. The monoisotopic (exact) mass is 348 g/mol. The number of carbonyl (C=O) groups excluding carboxylic acids is 2. The Bertz CT molecular complexity index is 585. The number of carbonyl (C=O) groups is 2. The molecule has 1 fully saturated rings. The SMILES string of the molecule is COc1ccccc1NC(=O)C(=O)NC[C@H](C)CN1CCN(C)CC1. The number of likely N-dealkylation sites (N-methyl/N-ethyl adjacent to an activating group) is 1. The standard InChI is InChI=1S/C18H28N4O3/c1-14(13-22-10-8-21(2)9-11-22)12-19-17(23)18(24)20-15-6-4-5-7-16(15)25-3/h4-7,14H,8-13H2,1-3H3,(H,19,23)(H,20,24)/t14-/m0/s1. The number of para-hydroxylation sites is 2. The Morgan fingerprint density at radius 1 is 1.16 bits per heavy atom. The number of amides is 2. The zero-order valence-corrected chi connectivity index (χ0v) is 15.2. The normalized spacial score (nSPS) is 16.9. The lowest BCUT2D eigenvalue weighted by molar-refractivity contribution is -0.136. The number of anilines is 1. The Morgan fingerprint density at radius 3 is 2.52 bits per heavy atom. The molecule has 7 heteroatoms. The van der Waals surface area contributed by atoms with E-state index in [2.05, 4.69) is 34.4 Å². The number of nitrogens with one attached hydrogen (secondary N) is 2. The summed E-state index contributed by atoms with van der Waals surface area (Å²) >= 11 is 0. The fourth-order valence-corrected chi connectivity index (χ4v) is 2.81. The van der Waals surface area contributed by atoms with Crippen LogP contribution in [0, 0.1) is 5.92 Å². The molecule has 7 nitrogen and oxygen atoms in total. The summed E-state index contributed by atoms with van der Waals surface area (Å²) in [6.07, 6.45) is 0. The number of hydrogen-bond donors (Lipinski definition) is 2. The van der Waals surface area contributed by atoms with Crippen molar-refractivity contribution < 1.29 is 14.3 Å². The Balaban J connectivity index is 1.74. The third kappa shape index (κ3) is 6.03. The smallest absolute Gasteiger partial charge is 0.313 e. The van der Waals surface area contributed by atoms with Gasteiger partial charge in [0, 0.05) is 39.3 Å². The summed E-state index contributed by atoms with van der Waals surface area (Å²) in [5.41, 5.74) is 0.482. The van der Waals surface area contributed by atoms with Crippen LogP contribution >= 0.6 is 0 Å². The van der Waals surface area contributed by atoms with E-state index in [0.29, 0.717) is 18.0 Å². The van der Waals surface area contributed by atoms with Gasteiger partial charge in [-0.3, -0.25) is 9.59 Å². The maximum atomic E-state index is 12.0. The van der Waals surface area contributed by atoms with Crippen LogP contribution in [0.5, 0.6) is 5.75 Å². The fourth-order valence-electron chi connectivity index (χ4n) is 2.81. The number of hydrogen-bond acceptors (Lipinski definition) is 5. The van der Waals surface area contributed by atoms with E-state index in [1.165, 1.54) is 7.11 Å². The molecule has 0 saturated carbocycles. The molecule has 0 radical (unpaired) electrons. The summed E-state index contributed by atoms with van der Waals surface area (Å²) < 4.78 is 5.16. The molecule has 0 bridgehead atoms. The van der Waals surface area contributed by atoms with Crippen molar-refractivity contribution in [2.75, 3.05) is 58.7 Å². The van der Waals surface area contributed by atoms with Gasteiger partial charge in [0.05, 0.1) is 12.8 Å². The van der Waals surface area contributed by atoms with E-state index in [-0.39, 0.29) is 5.92 Å². The van der Waals surface area contributed by atoms with E-state index < -0.39 is 11.8 Å². The van der Waals surface area contributed by atoms with Gasteiger partial charge in [0.2, 0.25) is 0 Å². The summed E-state index contributed by atoms with van der Waals surface area (Å²) in [6, 6.07) is 6.99. The summed E-state index contributed by atoms with van der Waals surface area (Å²) in [4.78, 5) is 28.7. The van der Waals surface area contributed by atoms with Crippen molar-refractivity contribution in [1.82, 2.24) is 15.1 Å². The number of benzene rings is 1. The van der Waals surface area contributed by atoms with Crippen molar-refractivity contribution in [3.8, 4) is 5.75 Å². The molecule has 2 N–H and O–H groups in total. The van der Waals surface area contributed by atoms with E-state index in [1.54, 1.807) is 24.3 Å². The first-order valence-corrected chi connectivity index (χ1v) is 8.62. The molecular formula is C18H28N4O3. The van der Waals surface area contributed by atoms with Gasteiger partial charge in [-0.15, -0.1) is 0 Å². The van der Waals surface area contributed by atoms with E-state index in [4.69, 9.17) is 4.74 Å².